The Labute approximate surface area is 896 Å². The van der Waals surface area contributed by atoms with Crippen LogP contribution in [-0.4, -0.2) is 54.8 Å². The minimum atomic E-state index is -1.51. The van der Waals surface area contributed by atoms with Crippen molar-refractivity contribution < 1.29 is 55.6 Å². The Morgan fingerprint density at radius 3 is 1.52 bits per heavy atom. The minimum absolute atomic E-state index is 0. The van der Waals surface area contributed by atoms with Crippen LogP contribution in [-0.2, 0) is 51.2 Å². The third-order valence-electron chi connectivity index (χ3n) is 28.8. The van der Waals surface area contributed by atoms with Gasteiger partial charge in [0.05, 0.1) is 38.7 Å². The zero-order valence-electron chi connectivity index (χ0n) is 79.8. The summed E-state index contributed by atoms with van der Waals surface area (Å²) in [5, 5.41) is 22.0. The maximum Gasteiger partial charge on any atom is 2.00 e. The van der Waals surface area contributed by atoms with Crippen molar-refractivity contribution in [1.29, 1.82) is 0 Å². The van der Waals surface area contributed by atoms with E-state index in [0.717, 1.165) is 133 Å². The predicted molar refractivity (Wildman–Crippen MR) is 610 cm³/mol. The summed E-state index contributed by atoms with van der Waals surface area (Å²) in [5.74, 6) is 1.57. The van der Waals surface area contributed by atoms with E-state index >= 15 is 0 Å². The molecule has 15 heteroatoms. The summed E-state index contributed by atoms with van der Waals surface area (Å²) in [6.45, 7) is 0. The number of imidazole rings is 1. The summed E-state index contributed by atoms with van der Waals surface area (Å²) in [5.41, 5.74) is 27.2. The molecule has 20 aromatic carbocycles. The van der Waals surface area contributed by atoms with Crippen LogP contribution in [0.1, 0.15) is 16.7 Å². The SMILES string of the molecule is [Cu+2].[Cu+2].[Cu+2].[c-]1c(-c2cccc3ccc[c-]c23)cccc1-n1c2ccccc2c2cc3ccc4c5ccccc5n([Si](c5ccccc5)c5ccccc5)c4c3nc21.[c-]1ccccc1-c1ccc2cccc(-c3[c-]c4c5c(ccc4o3)-c3ccccc3C5[Si](c3ccccc3)c3ccccc3)c2n1.[c-]1ccccc1-c1cccc(-n2c3ccccc3n3c4ccc5c6ccccc6n([PH+](c6ccccc6)c6ccccc6)c5c4[c-]c23)n1. The van der Waals surface area contributed by atoms with Gasteiger partial charge in [-0.25, -0.2) is 4.98 Å². The van der Waals surface area contributed by atoms with Gasteiger partial charge >= 0.3 is 51.2 Å². The molecule has 149 heavy (non-hydrogen) atoms. The topological polar surface area (TPSA) is 75.9 Å². The van der Waals surface area contributed by atoms with E-state index in [9.17, 15) is 0 Å². The molecule has 1 aliphatic carbocycles. The first-order valence-electron chi connectivity index (χ1n) is 49.4. The molecule has 0 fully saturated rings. The number of rotatable bonds is 15. The van der Waals surface area contributed by atoms with Gasteiger partial charge in [0.2, 0.25) is 8.96 Å². The summed E-state index contributed by atoms with van der Waals surface area (Å²) in [4.78, 5) is 16.0. The molecule has 0 bridgehead atoms. The van der Waals surface area contributed by atoms with Crippen molar-refractivity contribution in [3.8, 4) is 67.6 Å². The number of nitrogens with zero attached hydrogens (tertiary/aromatic N) is 8. The van der Waals surface area contributed by atoms with Crippen LogP contribution in [0.5, 0.6) is 0 Å². The van der Waals surface area contributed by atoms with E-state index < -0.39 is 25.8 Å². The Hall–Kier alpha value is -16.7. The minimum Gasteiger partial charge on any atom is -0.519 e. The Morgan fingerprint density at radius 1 is 0.302 bits per heavy atom. The number of hydrogen-bond donors (Lipinski definition) is 0. The first-order chi connectivity index (χ1) is 72.5. The molecule has 9 aromatic heterocycles. The standard InChI is InChI=1S/C49H30N3Si.C43H27N4P.C42H26NOSi.3Cu/c1-3-19-37(20-4-1)53(38-21-5-2-6-22-38)52-46-28-12-10-24-41(46)43-30-29-35-32-44-42-25-9-11-27-45(42)51(49(44)50-47(35)48(43)52)36-18-13-17-34(31-36)40-26-14-16-33-15-7-8-23-39(33)40;1-4-15-30(16-5-1)36-22-14-26-41(44-36)46-40-25-13-12-24-39(40)45-37-28-27-34-33-21-10-11-23-38(33)47(43(34)35(37)29-42(45)46)48(31-17-6-2-7-18-31)32-19-8-3-9-20-32;1-4-13-28(14-5-1)37-25-23-29-15-12-22-35(41(29)43-37)39-27-36-38(44-39)26-24-33-32-20-10-11-21-34(32)42(40(33)36)45(30-16-6-2-7-17-30)31-18-8-3-9-19-31;;;/h1-22,24-30,32H;1-15,17-28H;1-13,15-26,42H;;;/q3*-2;3*+2/p+1. The van der Waals surface area contributed by atoms with E-state index in [1.54, 1.807) is 0 Å². The zero-order valence-corrected chi connectivity index (χ0v) is 85.6. The van der Waals surface area contributed by atoms with Crippen molar-refractivity contribution >= 4 is 194 Å². The quantitative estimate of drug-likeness (QED) is 0.0582. The summed E-state index contributed by atoms with van der Waals surface area (Å²) in [6.07, 6.45) is 0. The van der Waals surface area contributed by atoms with Crippen LogP contribution in [0.15, 0.2) is 502 Å². The van der Waals surface area contributed by atoms with Gasteiger partial charge in [0.1, 0.15) is 38.9 Å². The Kier molecular flexibility index (Phi) is 24.8. The monoisotopic (exact) mass is 2100 g/mol. The molecule has 0 spiro atoms. The molecule has 1 unspecified atom stereocenters. The molecule has 5 radical (unpaired) electrons. The first kappa shape index (κ1) is 93.4. The van der Waals surface area contributed by atoms with Crippen molar-refractivity contribution in [3.63, 3.8) is 0 Å². The van der Waals surface area contributed by atoms with Crippen molar-refractivity contribution in [1.82, 2.24) is 37.1 Å². The van der Waals surface area contributed by atoms with Crippen molar-refractivity contribution in [3.05, 3.63) is 545 Å². The zero-order chi connectivity index (χ0) is 96.2. The maximum atomic E-state index is 6.68. The van der Waals surface area contributed by atoms with Crippen LogP contribution in [0.2, 0.25) is 0 Å². The number of hydrogen-bond acceptors (Lipinski definition) is 4. The summed E-state index contributed by atoms with van der Waals surface area (Å²) < 4.78 is 18.8. The molecule has 0 N–H and O–H groups in total. The fourth-order valence-electron chi connectivity index (χ4n) is 22.5. The van der Waals surface area contributed by atoms with Crippen LogP contribution in [0, 0.1) is 36.4 Å². The molecule has 0 amide bonds. The Morgan fingerprint density at radius 2 is 0.832 bits per heavy atom. The van der Waals surface area contributed by atoms with Gasteiger partial charge in [-0.05, 0) is 138 Å². The molecule has 1 aliphatic rings. The van der Waals surface area contributed by atoms with E-state index in [2.05, 4.69) is 501 Å². The molecule has 29 aromatic rings. The first-order valence-corrected chi connectivity index (χ1v) is 53.9. The van der Waals surface area contributed by atoms with Gasteiger partial charge in [0.25, 0.3) is 0 Å². The second kappa shape index (κ2) is 39.6. The number of para-hydroxylation sites is 6. The average Bonchev–Trinajstić information content (AvgIpc) is 1.54. The van der Waals surface area contributed by atoms with Gasteiger partial charge in [0.15, 0.2) is 0 Å². The van der Waals surface area contributed by atoms with Crippen LogP contribution < -0.4 is 31.4 Å². The summed E-state index contributed by atoms with van der Waals surface area (Å²) >= 11 is 0. The summed E-state index contributed by atoms with van der Waals surface area (Å²) in [7, 11) is -4.27. The van der Waals surface area contributed by atoms with E-state index in [1.807, 2.05) is 54.6 Å². The van der Waals surface area contributed by atoms with E-state index in [0.29, 0.717) is 5.76 Å². The summed E-state index contributed by atoms with van der Waals surface area (Å²) in [6, 6.07) is 199. The normalized spacial score (nSPS) is 12.2. The molecule has 711 valence electrons. The van der Waals surface area contributed by atoms with Crippen molar-refractivity contribution in [2.45, 2.75) is 5.54 Å². The van der Waals surface area contributed by atoms with Crippen LogP contribution in [0.3, 0.4) is 0 Å². The van der Waals surface area contributed by atoms with Gasteiger partial charge in [-0.3, -0.25) is 13.9 Å². The molecular weight excluding hydrogens is 2020 g/mol. The van der Waals surface area contributed by atoms with Crippen LogP contribution in [0.4, 0.5) is 0 Å². The molecular formula is C134H84Cu3N8OPSi2+. The number of furan rings is 1. The third-order valence-corrected chi connectivity index (χ3v) is 37.3. The van der Waals surface area contributed by atoms with Gasteiger partial charge in [-0.2, -0.15) is 0 Å². The molecule has 0 saturated carbocycles. The van der Waals surface area contributed by atoms with Gasteiger partial charge < -0.3 is 22.6 Å². The predicted octanol–water partition coefficient (Wildman–Crippen LogP) is 28.8. The molecule has 1 atom stereocenters. The number of aromatic nitrogens is 8. The average molecular weight is 2100 g/mol. The number of fused-ring (bicyclic) bond motifs is 24. The van der Waals surface area contributed by atoms with Crippen LogP contribution >= 0.6 is 8.07 Å². The fourth-order valence-corrected chi connectivity index (χ4v) is 31.3. The van der Waals surface area contributed by atoms with Gasteiger partial charge in [0, 0.05) is 49.3 Å². The van der Waals surface area contributed by atoms with E-state index in [1.165, 1.54) is 108 Å². The fraction of sp³-hybridized carbons (Fsp3) is 0.00746. The second-order valence-electron chi connectivity index (χ2n) is 37.1. The van der Waals surface area contributed by atoms with Gasteiger partial charge in [-0.1, -0.05) is 373 Å². The molecule has 9 heterocycles. The van der Waals surface area contributed by atoms with Gasteiger partial charge in [-0.15, -0.1) is 165 Å². The van der Waals surface area contributed by atoms with Crippen LogP contribution in [0.25, 0.3) is 204 Å². The second-order valence-corrected chi connectivity index (χ2v) is 44.3. The Balaban J connectivity index is 0.000000115. The molecule has 0 aliphatic heterocycles. The third kappa shape index (κ3) is 16.1. The molecule has 0 saturated heterocycles. The number of pyridine rings is 3. The smallest absolute Gasteiger partial charge is 0.519 e. The van der Waals surface area contributed by atoms with E-state index in [4.69, 9.17) is 19.4 Å². The largest absolute Gasteiger partial charge is 2.00 e. The number of benzene rings is 20. The van der Waals surface area contributed by atoms with E-state index in [-0.39, 0.29) is 56.7 Å². The Bertz CT molecular complexity index is 10000. The maximum absolute atomic E-state index is 6.68. The van der Waals surface area contributed by atoms with Crippen molar-refractivity contribution in [2.24, 2.45) is 0 Å². The van der Waals surface area contributed by atoms with Crippen molar-refractivity contribution in [2.75, 3.05) is 0 Å². The molecule has 30 rings (SSSR count). The molecule has 9 nitrogen and oxygen atoms in total.